The van der Waals surface area contributed by atoms with Gasteiger partial charge in [-0.25, -0.2) is 4.79 Å². The lowest BCUT2D eigenvalue weighted by Crippen LogP contribution is -2.29. The topological polar surface area (TPSA) is 98.1 Å². The molecule has 0 spiro atoms. The van der Waals surface area contributed by atoms with Gasteiger partial charge in [-0.3, -0.25) is 9.59 Å². The average Bonchev–Trinajstić information content (AvgIpc) is 3.13. The van der Waals surface area contributed by atoms with Gasteiger partial charge < -0.3 is 24.1 Å². The third-order valence-electron chi connectivity index (χ3n) is 5.48. The summed E-state index contributed by atoms with van der Waals surface area (Å²) in [5.74, 6) is -0.433. The first-order valence-corrected chi connectivity index (χ1v) is 10.5. The summed E-state index contributed by atoms with van der Waals surface area (Å²) >= 11 is 0. The molecule has 0 unspecified atom stereocenters. The van der Waals surface area contributed by atoms with E-state index in [1.54, 1.807) is 12.1 Å². The SMILES string of the molecule is COC(=O)c1ccc(NC(=O)COc2coc(CN3c4ccccc4C[C@H]3C)cc2=O)cc1. The Morgan fingerprint density at radius 1 is 1.15 bits per heavy atom. The number of methoxy groups -OCH3 is 1. The number of rotatable bonds is 7. The summed E-state index contributed by atoms with van der Waals surface area (Å²) in [6, 6.07) is 16.1. The maximum atomic E-state index is 12.5. The third kappa shape index (κ3) is 5.06. The first kappa shape index (κ1) is 22.1. The Morgan fingerprint density at radius 2 is 1.91 bits per heavy atom. The number of carbonyl (C=O) groups is 2. The molecule has 3 aromatic rings. The predicted octanol–water partition coefficient (Wildman–Crippen LogP) is 3.40. The zero-order valence-corrected chi connectivity index (χ0v) is 18.4. The van der Waals surface area contributed by atoms with Crippen molar-refractivity contribution >= 4 is 23.3 Å². The number of hydrogen-bond donors (Lipinski definition) is 1. The Kier molecular flexibility index (Phi) is 6.44. The first-order chi connectivity index (χ1) is 15.9. The van der Waals surface area contributed by atoms with Crippen molar-refractivity contribution in [1.29, 1.82) is 0 Å². The summed E-state index contributed by atoms with van der Waals surface area (Å²) in [5, 5.41) is 2.63. The van der Waals surface area contributed by atoms with Crippen LogP contribution in [0, 0.1) is 0 Å². The van der Waals surface area contributed by atoms with E-state index in [1.807, 2.05) is 12.1 Å². The highest BCUT2D eigenvalue weighted by molar-refractivity contribution is 5.93. The van der Waals surface area contributed by atoms with Gasteiger partial charge in [0.1, 0.15) is 12.0 Å². The molecule has 1 N–H and O–H groups in total. The minimum Gasteiger partial charge on any atom is -0.477 e. The van der Waals surface area contributed by atoms with Crippen LogP contribution < -0.4 is 20.4 Å². The molecule has 8 heteroatoms. The molecule has 0 bridgehead atoms. The van der Waals surface area contributed by atoms with E-state index in [4.69, 9.17) is 9.15 Å². The van der Waals surface area contributed by atoms with Gasteiger partial charge in [0, 0.05) is 23.5 Å². The molecule has 0 radical (unpaired) electrons. The lowest BCUT2D eigenvalue weighted by molar-refractivity contribution is -0.118. The normalized spacial score (nSPS) is 14.5. The molecule has 33 heavy (non-hydrogen) atoms. The van der Waals surface area contributed by atoms with Crippen LogP contribution in [-0.2, 0) is 22.5 Å². The Morgan fingerprint density at radius 3 is 2.64 bits per heavy atom. The van der Waals surface area contributed by atoms with E-state index >= 15 is 0 Å². The number of amides is 1. The molecule has 0 saturated carbocycles. The number of nitrogens with one attached hydrogen (secondary N) is 1. The molecule has 4 rings (SSSR count). The van der Waals surface area contributed by atoms with Gasteiger partial charge in [-0.1, -0.05) is 18.2 Å². The highest BCUT2D eigenvalue weighted by Gasteiger charge is 2.26. The van der Waals surface area contributed by atoms with E-state index in [-0.39, 0.29) is 17.8 Å². The summed E-state index contributed by atoms with van der Waals surface area (Å²) in [6.07, 6.45) is 2.19. The number of nitrogens with zero attached hydrogens (tertiary/aromatic N) is 1. The van der Waals surface area contributed by atoms with Gasteiger partial charge in [0.25, 0.3) is 5.91 Å². The van der Waals surface area contributed by atoms with Crippen LogP contribution in [0.3, 0.4) is 0 Å². The molecular weight excluding hydrogens is 424 g/mol. The van der Waals surface area contributed by atoms with Gasteiger partial charge in [0.05, 0.1) is 19.2 Å². The lowest BCUT2D eigenvalue weighted by atomic mass is 10.1. The van der Waals surface area contributed by atoms with Crippen LogP contribution in [-0.4, -0.2) is 31.6 Å². The van der Waals surface area contributed by atoms with E-state index < -0.39 is 11.9 Å². The number of benzene rings is 2. The molecule has 1 amide bonds. The molecule has 0 aliphatic carbocycles. The van der Waals surface area contributed by atoms with E-state index in [2.05, 4.69) is 34.0 Å². The van der Waals surface area contributed by atoms with E-state index in [0.29, 0.717) is 29.6 Å². The second kappa shape index (κ2) is 9.60. The molecule has 1 aromatic heterocycles. The van der Waals surface area contributed by atoms with Crippen molar-refractivity contribution in [3.8, 4) is 5.75 Å². The van der Waals surface area contributed by atoms with Crippen molar-refractivity contribution in [3.63, 3.8) is 0 Å². The fraction of sp³-hybridized carbons (Fsp3) is 0.240. The van der Waals surface area contributed by atoms with E-state index in [9.17, 15) is 14.4 Å². The number of carbonyl (C=O) groups excluding carboxylic acids is 2. The Balaban J connectivity index is 1.34. The molecule has 1 aliphatic rings. The lowest BCUT2D eigenvalue weighted by Gasteiger charge is -2.24. The second-order valence-electron chi connectivity index (χ2n) is 7.79. The van der Waals surface area contributed by atoms with Gasteiger partial charge in [-0.15, -0.1) is 0 Å². The van der Waals surface area contributed by atoms with Crippen molar-refractivity contribution < 1.29 is 23.5 Å². The van der Waals surface area contributed by atoms with Crippen LogP contribution in [0.4, 0.5) is 11.4 Å². The number of esters is 1. The summed E-state index contributed by atoms with van der Waals surface area (Å²) < 4.78 is 15.6. The van der Waals surface area contributed by atoms with Gasteiger partial charge in [-0.2, -0.15) is 0 Å². The van der Waals surface area contributed by atoms with Crippen LogP contribution in [0.15, 0.2) is 70.1 Å². The monoisotopic (exact) mass is 448 g/mol. The zero-order valence-electron chi connectivity index (χ0n) is 18.4. The maximum Gasteiger partial charge on any atom is 0.337 e. The third-order valence-corrected chi connectivity index (χ3v) is 5.48. The van der Waals surface area contributed by atoms with Crippen LogP contribution in [0.2, 0.25) is 0 Å². The predicted molar refractivity (Wildman–Crippen MR) is 123 cm³/mol. The molecule has 2 heterocycles. The van der Waals surface area contributed by atoms with E-state index in [1.165, 1.54) is 37.1 Å². The van der Waals surface area contributed by atoms with Crippen molar-refractivity contribution in [2.45, 2.75) is 25.9 Å². The smallest absolute Gasteiger partial charge is 0.337 e. The van der Waals surface area contributed by atoms with Gasteiger partial charge in [0.15, 0.2) is 6.61 Å². The number of fused-ring (bicyclic) bond motifs is 1. The summed E-state index contributed by atoms with van der Waals surface area (Å²) in [6.45, 7) is 2.24. The van der Waals surface area contributed by atoms with Crippen molar-refractivity contribution in [1.82, 2.24) is 0 Å². The zero-order chi connectivity index (χ0) is 23.4. The molecule has 8 nitrogen and oxygen atoms in total. The number of hydrogen-bond acceptors (Lipinski definition) is 7. The average molecular weight is 448 g/mol. The minimum atomic E-state index is -0.463. The number of para-hydroxylation sites is 1. The van der Waals surface area contributed by atoms with Crippen molar-refractivity contribution in [2.75, 3.05) is 23.9 Å². The van der Waals surface area contributed by atoms with Crippen molar-refractivity contribution in [3.05, 3.63) is 88.0 Å². The molecule has 0 saturated heterocycles. The second-order valence-corrected chi connectivity index (χ2v) is 7.79. The summed E-state index contributed by atoms with van der Waals surface area (Å²) in [4.78, 5) is 38.3. The quantitative estimate of drug-likeness (QED) is 0.553. The minimum absolute atomic E-state index is 0.0372. The molecule has 0 fully saturated rings. The maximum absolute atomic E-state index is 12.5. The van der Waals surface area contributed by atoms with Crippen LogP contribution >= 0.6 is 0 Å². The Labute approximate surface area is 190 Å². The van der Waals surface area contributed by atoms with Crippen molar-refractivity contribution in [2.24, 2.45) is 0 Å². The Bertz CT molecular complexity index is 1220. The summed E-state index contributed by atoms with van der Waals surface area (Å²) in [5.41, 5.74) is 2.92. The van der Waals surface area contributed by atoms with E-state index in [0.717, 1.165) is 12.1 Å². The van der Waals surface area contributed by atoms with Crippen LogP contribution in [0.1, 0.15) is 28.6 Å². The van der Waals surface area contributed by atoms with Crippen LogP contribution in [0.5, 0.6) is 5.75 Å². The number of anilines is 2. The molecular formula is C25H24N2O6. The fourth-order valence-electron chi connectivity index (χ4n) is 3.81. The number of ether oxygens (including phenoxy) is 2. The van der Waals surface area contributed by atoms with Crippen LogP contribution in [0.25, 0.3) is 0 Å². The standard InChI is InChI=1S/C25H24N2O6/c1-16-11-18-5-3-4-6-21(18)27(16)13-20-12-22(28)23(14-32-20)33-15-24(29)26-19-9-7-17(8-10-19)25(30)31-2/h3-10,12,14,16H,11,13,15H2,1-2H3,(H,26,29)/t16-/m1/s1. The molecule has 1 atom stereocenters. The summed E-state index contributed by atoms with van der Waals surface area (Å²) in [7, 11) is 1.30. The highest BCUT2D eigenvalue weighted by atomic mass is 16.5. The molecule has 1 aliphatic heterocycles. The molecule has 170 valence electrons. The largest absolute Gasteiger partial charge is 0.477 e. The first-order valence-electron chi connectivity index (χ1n) is 10.5. The molecule has 2 aromatic carbocycles. The fourth-order valence-corrected chi connectivity index (χ4v) is 3.81. The van der Waals surface area contributed by atoms with Gasteiger partial charge >= 0.3 is 5.97 Å². The van der Waals surface area contributed by atoms with Gasteiger partial charge in [-0.05, 0) is 49.2 Å². The Hall–Kier alpha value is -4.07. The van der Waals surface area contributed by atoms with Gasteiger partial charge in [0.2, 0.25) is 11.2 Å². The highest BCUT2D eigenvalue weighted by Crippen LogP contribution is 2.32.